The predicted molar refractivity (Wildman–Crippen MR) is 126 cm³/mol. The van der Waals surface area contributed by atoms with E-state index in [-0.39, 0.29) is 18.4 Å². The Hall–Kier alpha value is -4.00. The number of methoxy groups -OCH3 is 1. The summed E-state index contributed by atoms with van der Waals surface area (Å²) in [5, 5.41) is 20.0. The van der Waals surface area contributed by atoms with Crippen LogP contribution in [0.4, 0.5) is 17.8 Å². The normalized spacial score (nSPS) is 15.6. The fourth-order valence-electron chi connectivity index (χ4n) is 3.22. The van der Waals surface area contributed by atoms with Crippen molar-refractivity contribution in [1.82, 2.24) is 25.3 Å². The predicted octanol–water partition coefficient (Wildman–Crippen LogP) is 0.598. The van der Waals surface area contributed by atoms with Crippen molar-refractivity contribution in [3.63, 3.8) is 0 Å². The Morgan fingerprint density at radius 2 is 1.50 bits per heavy atom. The van der Waals surface area contributed by atoms with Gasteiger partial charge in [-0.15, -0.1) is 0 Å². The molecule has 2 heterocycles. The minimum atomic E-state index is -1.18. The van der Waals surface area contributed by atoms with Gasteiger partial charge in [-0.05, 0) is 28.8 Å². The second-order valence-corrected chi connectivity index (χ2v) is 7.56. The Bertz CT molecular complexity index is 1040. The highest BCUT2D eigenvalue weighted by molar-refractivity contribution is 5.80. The van der Waals surface area contributed by atoms with Crippen molar-refractivity contribution in [3.8, 4) is 5.75 Å². The average Bonchev–Trinajstić information content (AvgIpc) is 3.18. The maximum Gasteiger partial charge on any atom is 0.244 e. The van der Waals surface area contributed by atoms with Crippen LogP contribution in [0.5, 0.6) is 5.75 Å². The van der Waals surface area contributed by atoms with Gasteiger partial charge in [-0.25, -0.2) is 0 Å². The van der Waals surface area contributed by atoms with Crippen molar-refractivity contribution in [2.75, 3.05) is 29.7 Å². The van der Waals surface area contributed by atoms with Crippen LogP contribution >= 0.6 is 0 Å². The van der Waals surface area contributed by atoms with E-state index in [4.69, 9.17) is 10.5 Å². The Balaban J connectivity index is 1.48. The van der Waals surface area contributed by atoms with Gasteiger partial charge in [0.05, 0.1) is 7.11 Å². The van der Waals surface area contributed by atoms with E-state index < -0.39 is 6.35 Å². The van der Waals surface area contributed by atoms with Crippen LogP contribution in [-0.4, -0.2) is 51.0 Å². The number of nitrogens with one attached hydrogen (secondary N) is 4. The number of carbonyl (C=O) groups is 1. The molecule has 4 rings (SSSR count). The van der Waals surface area contributed by atoms with E-state index in [0.717, 1.165) is 22.4 Å². The lowest BCUT2D eigenvalue weighted by Gasteiger charge is -2.19. The van der Waals surface area contributed by atoms with E-state index in [1.807, 2.05) is 48.5 Å². The van der Waals surface area contributed by atoms with E-state index in [1.165, 1.54) is 5.01 Å². The lowest BCUT2D eigenvalue weighted by atomic mass is 10.1. The number of carbonyl (C=O) groups excluding carboxylic acids is 1. The lowest BCUT2D eigenvalue weighted by molar-refractivity contribution is -0.119. The third-order valence-corrected chi connectivity index (χ3v) is 5.10. The largest absolute Gasteiger partial charge is 0.497 e. The molecule has 0 bridgehead atoms. The van der Waals surface area contributed by atoms with E-state index in [1.54, 1.807) is 7.11 Å². The minimum Gasteiger partial charge on any atom is -0.497 e. The number of aliphatic hydroxyl groups excluding tert-OH is 1. The summed E-state index contributed by atoms with van der Waals surface area (Å²) in [7, 11) is 1.62. The van der Waals surface area contributed by atoms with Crippen molar-refractivity contribution in [2.24, 2.45) is 5.73 Å². The maximum atomic E-state index is 11.6. The van der Waals surface area contributed by atoms with Crippen molar-refractivity contribution in [2.45, 2.75) is 26.0 Å². The summed E-state index contributed by atoms with van der Waals surface area (Å²) in [5.74, 6) is 1.27. The van der Waals surface area contributed by atoms with Crippen LogP contribution in [0.15, 0.2) is 48.5 Å². The van der Waals surface area contributed by atoms with Gasteiger partial charge < -0.3 is 31.5 Å². The highest BCUT2D eigenvalue weighted by atomic mass is 16.5. The number of nitrogens with zero attached hydrogens (tertiary/aromatic N) is 4. The van der Waals surface area contributed by atoms with Crippen LogP contribution in [0.1, 0.15) is 16.7 Å². The third-order valence-electron chi connectivity index (χ3n) is 5.10. The SMILES string of the molecule is COc1ccc(CNc2nc(NCc3ccc(CN)cc3)nc(NN3CC(=O)NC3O)n2)cc1. The number of hydrazine groups is 1. The van der Waals surface area contributed by atoms with Crippen molar-refractivity contribution in [1.29, 1.82) is 0 Å². The van der Waals surface area contributed by atoms with Crippen LogP contribution in [0, 0.1) is 0 Å². The number of rotatable bonds is 10. The molecule has 2 aromatic carbocycles. The smallest absolute Gasteiger partial charge is 0.244 e. The first-order chi connectivity index (χ1) is 16.5. The van der Waals surface area contributed by atoms with E-state index >= 15 is 0 Å². The molecule has 1 fully saturated rings. The molecule has 12 heteroatoms. The maximum absolute atomic E-state index is 11.6. The van der Waals surface area contributed by atoms with Crippen LogP contribution in [0.3, 0.4) is 0 Å². The molecule has 0 spiro atoms. The number of aromatic nitrogens is 3. The van der Waals surface area contributed by atoms with Gasteiger partial charge in [0.15, 0.2) is 0 Å². The molecule has 178 valence electrons. The van der Waals surface area contributed by atoms with E-state index in [0.29, 0.717) is 31.5 Å². The summed E-state index contributed by atoms with van der Waals surface area (Å²) in [5.41, 5.74) is 11.6. The summed E-state index contributed by atoms with van der Waals surface area (Å²) in [6, 6.07) is 15.5. The van der Waals surface area contributed by atoms with Crippen molar-refractivity contribution in [3.05, 3.63) is 65.2 Å². The Labute approximate surface area is 196 Å². The van der Waals surface area contributed by atoms with Gasteiger partial charge in [-0.1, -0.05) is 36.4 Å². The van der Waals surface area contributed by atoms with Crippen LogP contribution < -0.4 is 31.8 Å². The Kier molecular flexibility index (Phi) is 7.32. The molecule has 1 aromatic heterocycles. The summed E-state index contributed by atoms with van der Waals surface area (Å²) in [6.07, 6.45) is -1.18. The van der Waals surface area contributed by atoms with Crippen molar-refractivity contribution < 1.29 is 14.6 Å². The molecule has 1 unspecified atom stereocenters. The molecule has 12 nitrogen and oxygen atoms in total. The summed E-state index contributed by atoms with van der Waals surface area (Å²) in [6.45, 7) is 1.40. The first-order valence-electron chi connectivity index (χ1n) is 10.7. The second-order valence-electron chi connectivity index (χ2n) is 7.56. The molecule has 1 aliphatic rings. The zero-order valence-corrected chi connectivity index (χ0v) is 18.7. The molecule has 0 radical (unpaired) electrons. The van der Waals surface area contributed by atoms with Crippen LogP contribution in [-0.2, 0) is 24.4 Å². The molecule has 1 saturated heterocycles. The zero-order valence-electron chi connectivity index (χ0n) is 18.7. The average molecular weight is 466 g/mol. The summed E-state index contributed by atoms with van der Waals surface area (Å²) < 4.78 is 5.19. The van der Waals surface area contributed by atoms with Gasteiger partial charge in [0.2, 0.25) is 30.1 Å². The van der Waals surface area contributed by atoms with Crippen molar-refractivity contribution >= 4 is 23.8 Å². The number of hydrogen-bond donors (Lipinski definition) is 6. The fourth-order valence-corrected chi connectivity index (χ4v) is 3.22. The molecule has 0 aliphatic carbocycles. The number of nitrogens with two attached hydrogens (primary N) is 1. The number of anilines is 3. The summed E-state index contributed by atoms with van der Waals surface area (Å²) >= 11 is 0. The third kappa shape index (κ3) is 6.07. The molecule has 0 saturated carbocycles. The first kappa shape index (κ1) is 23.2. The van der Waals surface area contributed by atoms with Crippen LogP contribution in [0.25, 0.3) is 0 Å². The zero-order chi connectivity index (χ0) is 23.9. The molecular formula is C22H27N9O3. The van der Waals surface area contributed by atoms with Gasteiger partial charge in [-0.3, -0.25) is 10.2 Å². The van der Waals surface area contributed by atoms with E-state index in [9.17, 15) is 9.90 Å². The van der Waals surface area contributed by atoms with Gasteiger partial charge in [0.1, 0.15) is 12.3 Å². The van der Waals surface area contributed by atoms with E-state index in [2.05, 4.69) is 36.3 Å². The molecule has 3 aromatic rings. The molecule has 1 atom stereocenters. The molecule has 1 aliphatic heterocycles. The number of benzene rings is 2. The number of hydrogen-bond acceptors (Lipinski definition) is 11. The standard InChI is InChI=1S/C22H27N9O3/c1-34-17-8-6-16(7-9-17)12-25-20-27-19(24-11-15-4-2-14(10-23)3-5-15)28-21(29-20)30-31-13-18(32)26-22(31)33/h2-9,22,33H,10-13,23H2,1H3,(H,26,32)(H3,24,25,27,28,29,30). The number of amides is 1. The highest BCUT2D eigenvalue weighted by Gasteiger charge is 2.28. The topological polar surface area (TPSA) is 163 Å². The number of aliphatic hydroxyl groups is 1. The first-order valence-corrected chi connectivity index (χ1v) is 10.7. The van der Waals surface area contributed by atoms with Gasteiger partial charge in [0.25, 0.3) is 0 Å². The Morgan fingerprint density at radius 1 is 0.971 bits per heavy atom. The molecular weight excluding hydrogens is 438 g/mol. The molecule has 7 N–H and O–H groups in total. The monoisotopic (exact) mass is 465 g/mol. The summed E-state index contributed by atoms with van der Waals surface area (Å²) in [4.78, 5) is 24.7. The molecule has 34 heavy (non-hydrogen) atoms. The lowest BCUT2D eigenvalue weighted by Crippen LogP contribution is -2.40. The number of ether oxygens (including phenoxy) is 1. The van der Waals surface area contributed by atoms with Crippen LogP contribution in [0.2, 0.25) is 0 Å². The highest BCUT2D eigenvalue weighted by Crippen LogP contribution is 2.16. The van der Waals surface area contributed by atoms with Gasteiger partial charge >= 0.3 is 0 Å². The van der Waals surface area contributed by atoms with Gasteiger partial charge in [0, 0.05) is 19.6 Å². The second kappa shape index (κ2) is 10.7. The Morgan fingerprint density at radius 3 is 2.00 bits per heavy atom. The quantitative estimate of drug-likeness (QED) is 0.248. The van der Waals surface area contributed by atoms with Gasteiger partial charge in [-0.2, -0.15) is 20.0 Å². The fraction of sp³-hybridized carbons (Fsp3) is 0.273. The minimum absolute atomic E-state index is 0.0439. The molecule has 1 amide bonds.